The highest BCUT2D eigenvalue weighted by atomic mass is 35.5. The summed E-state index contributed by atoms with van der Waals surface area (Å²) < 4.78 is 2.06. The molecule has 0 saturated carbocycles. The van der Waals surface area contributed by atoms with Gasteiger partial charge in [-0.15, -0.1) is 11.8 Å². The first-order valence-corrected chi connectivity index (χ1v) is 10.0. The fourth-order valence-corrected chi connectivity index (χ4v) is 2.92. The van der Waals surface area contributed by atoms with Crippen LogP contribution in [-0.2, 0) is 23.2 Å². The van der Waals surface area contributed by atoms with E-state index in [1.165, 1.54) is 10.5 Å². The van der Waals surface area contributed by atoms with E-state index in [4.69, 9.17) is 31.4 Å². The molecule has 3 N–H and O–H groups in total. The molecule has 1 heterocycles. The quantitative estimate of drug-likeness (QED) is 0.408. The van der Waals surface area contributed by atoms with Crippen LogP contribution in [0.2, 0.25) is 5.02 Å². The van der Waals surface area contributed by atoms with E-state index in [0.717, 1.165) is 28.8 Å². The number of hydrogen-bond acceptors (Lipinski definition) is 5. The first kappa shape index (κ1) is 22.3. The Morgan fingerprint density at radius 1 is 1.07 bits per heavy atom. The number of carboxylic acids is 2. The summed E-state index contributed by atoms with van der Waals surface area (Å²) in [6, 6.07) is 16.4. The van der Waals surface area contributed by atoms with E-state index in [1.54, 1.807) is 11.8 Å². The van der Waals surface area contributed by atoms with Crippen molar-refractivity contribution in [2.75, 3.05) is 11.6 Å². The van der Waals surface area contributed by atoms with Crippen LogP contribution >= 0.6 is 23.4 Å². The summed E-state index contributed by atoms with van der Waals surface area (Å²) in [7, 11) is 2.01. The van der Waals surface area contributed by atoms with E-state index in [-0.39, 0.29) is 0 Å². The Bertz CT molecular complexity index is 960. The van der Waals surface area contributed by atoms with Gasteiger partial charge in [0.2, 0.25) is 5.95 Å². The number of benzene rings is 2. The van der Waals surface area contributed by atoms with E-state index in [2.05, 4.69) is 45.4 Å². The number of nitrogens with zero attached hydrogens (tertiary/aromatic N) is 2. The third kappa shape index (κ3) is 6.55. The largest absolute Gasteiger partial charge is 0.473 e. The molecule has 0 atom stereocenters. The van der Waals surface area contributed by atoms with E-state index >= 15 is 0 Å². The molecule has 0 aliphatic heterocycles. The monoisotopic (exact) mass is 433 g/mol. The molecular weight excluding hydrogens is 414 g/mol. The molecule has 1 aromatic heterocycles. The summed E-state index contributed by atoms with van der Waals surface area (Å²) in [4.78, 5) is 24.0. The first-order valence-electron chi connectivity index (χ1n) is 8.42. The van der Waals surface area contributed by atoms with Gasteiger partial charge in [0.15, 0.2) is 0 Å². The second-order valence-electron chi connectivity index (χ2n) is 5.84. The van der Waals surface area contributed by atoms with Gasteiger partial charge in [-0.2, -0.15) is 0 Å². The molecule has 0 fully saturated rings. The topological polar surface area (TPSA) is 104 Å². The van der Waals surface area contributed by atoms with E-state index < -0.39 is 11.9 Å². The van der Waals surface area contributed by atoms with Crippen LogP contribution in [0.1, 0.15) is 5.56 Å². The lowest BCUT2D eigenvalue weighted by Crippen LogP contribution is -2.09. The lowest BCUT2D eigenvalue weighted by molar-refractivity contribution is -0.159. The van der Waals surface area contributed by atoms with Gasteiger partial charge in [0.05, 0.1) is 11.9 Å². The zero-order valence-electron chi connectivity index (χ0n) is 15.8. The number of anilines is 1. The number of carbonyl (C=O) groups is 2. The average Bonchev–Trinajstić information content (AvgIpc) is 3.08. The number of imidazole rings is 1. The van der Waals surface area contributed by atoms with Crippen molar-refractivity contribution in [2.24, 2.45) is 7.05 Å². The van der Waals surface area contributed by atoms with Gasteiger partial charge >= 0.3 is 11.9 Å². The third-order valence-electron chi connectivity index (χ3n) is 3.92. The van der Waals surface area contributed by atoms with Gasteiger partial charge in [-0.1, -0.05) is 35.9 Å². The molecule has 7 nitrogen and oxygen atoms in total. The predicted molar refractivity (Wildman–Crippen MR) is 114 cm³/mol. The van der Waals surface area contributed by atoms with Crippen LogP contribution in [0, 0.1) is 0 Å². The summed E-state index contributed by atoms with van der Waals surface area (Å²) in [5.74, 6) is -2.80. The van der Waals surface area contributed by atoms with Gasteiger partial charge in [0.25, 0.3) is 0 Å². The van der Waals surface area contributed by atoms with Crippen LogP contribution in [0.3, 0.4) is 0 Å². The molecule has 0 aliphatic rings. The minimum atomic E-state index is -1.82. The highest BCUT2D eigenvalue weighted by Gasteiger charge is 2.08. The van der Waals surface area contributed by atoms with Crippen LogP contribution in [0.5, 0.6) is 0 Å². The fourth-order valence-electron chi connectivity index (χ4n) is 2.39. The molecule has 2 aromatic carbocycles. The van der Waals surface area contributed by atoms with Gasteiger partial charge in [0.1, 0.15) is 0 Å². The summed E-state index contributed by atoms with van der Waals surface area (Å²) >= 11 is 7.70. The summed E-state index contributed by atoms with van der Waals surface area (Å²) in [5.41, 5.74) is 3.39. The lowest BCUT2D eigenvalue weighted by Gasteiger charge is -2.09. The van der Waals surface area contributed by atoms with Gasteiger partial charge in [0, 0.05) is 23.5 Å². The molecule has 3 aromatic rings. The van der Waals surface area contributed by atoms with Crippen LogP contribution < -0.4 is 5.32 Å². The van der Waals surface area contributed by atoms with Gasteiger partial charge < -0.3 is 20.1 Å². The van der Waals surface area contributed by atoms with Crippen molar-refractivity contribution in [3.05, 3.63) is 65.3 Å². The second-order valence-corrected chi connectivity index (χ2v) is 7.16. The van der Waals surface area contributed by atoms with Crippen molar-refractivity contribution in [3.63, 3.8) is 0 Å². The Balaban J connectivity index is 0.000000438. The summed E-state index contributed by atoms with van der Waals surface area (Å²) in [6.07, 6.45) is 3.96. The van der Waals surface area contributed by atoms with Crippen molar-refractivity contribution in [2.45, 2.75) is 11.4 Å². The number of halogens is 1. The SMILES string of the molecule is CSc1ccc(CNc2ncc(-c3ccc(Cl)cc3)n2C)cc1.O=C(O)C(=O)O. The van der Waals surface area contributed by atoms with Crippen LogP contribution in [0.4, 0.5) is 5.95 Å². The molecule has 152 valence electrons. The number of thioether (sulfide) groups is 1. The van der Waals surface area contributed by atoms with Crippen molar-refractivity contribution < 1.29 is 19.8 Å². The zero-order chi connectivity index (χ0) is 21.4. The highest BCUT2D eigenvalue weighted by Crippen LogP contribution is 2.24. The molecule has 0 aliphatic carbocycles. The fraction of sp³-hybridized carbons (Fsp3) is 0.150. The Morgan fingerprint density at radius 3 is 2.17 bits per heavy atom. The van der Waals surface area contributed by atoms with Gasteiger partial charge in [-0.05, 0) is 41.6 Å². The van der Waals surface area contributed by atoms with Gasteiger partial charge in [-0.25, -0.2) is 14.6 Å². The number of aromatic nitrogens is 2. The first-order chi connectivity index (χ1) is 13.8. The van der Waals surface area contributed by atoms with E-state index in [0.29, 0.717) is 0 Å². The number of hydrogen-bond donors (Lipinski definition) is 3. The van der Waals surface area contributed by atoms with Crippen molar-refractivity contribution >= 4 is 41.2 Å². The average molecular weight is 434 g/mol. The van der Waals surface area contributed by atoms with Crippen molar-refractivity contribution in [1.82, 2.24) is 9.55 Å². The molecule has 3 rings (SSSR count). The standard InChI is InChI=1S/C18H18ClN3S.C2H2O4/c1-22-17(14-5-7-15(19)8-6-14)12-21-18(22)20-11-13-3-9-16(23-2)10-4-13;3-1(4)2(5)6/h3-10,12H,11H2,1-2H3,(H,20,21);(H,3,4)(H,5,6). The maximum absolute atomic E-state index is 9.10. The summed E-state index contributed by atoms with van der Waals surface area (Å²) in [6.45, 7) is 0.750. The molecule has 0 amide bonds. The van der Waals surface area contributed by atoms with Crippen LogP contribution in [0.25, 0.3) is 11.3 Å². The Labute approximate surface area is 177 Å². The Kier molecular flexibility index (Phi) is 8.11. The van der Waals surface area contributed by atoms with Crippen LogP contribution in [-0.4, -0.2) is 38.0 Å². The van der Waals surface area contributed by atoms with E-state index in [9.17, 15) is 0 Å². The second kappa shape index (κ2) is 10.5. The molecular formula is C20H20ClN3O4S. The van der Waals surface area contributed by atoms with Crippen molar-refractivity contribution in [1.29, 1.82) is 0 Å². The molecule has 29 heavy (non-hydrogen) atoms. The number of aliphatic carboxylic acids is 2. The normalized spacial score (nSPS) is 10.0. The smallest absolute Gasteiger partial charge is 0.414 e. The van der Waals surface area contributed by atoms with Crippen LogP contribution in [0.15, 0.2) is 59.6 Å². The molecule has 0 radical (unpaired) electrons. The third-order valence-corrected chi connectivity index (χ3v) is 4.92. The number of carboxylic acid groups (broad SMARTS) is 2. The molecule has 0 unspecified atom stereocenters. The lowest BCUT2D eigenvalue weighted by atomic mass is 10.2. The molecule has 9 heteroatoms. The highest BCUT2D eigenvalue weighted by molar-refractivity contribution is 7.98. The minimum absolute atomic E-state index is 0.739. The van der Waals surface area contributed by atoms with E-state index in [1.807, 2.05) is 37.5 Å². The maximum Gasteiger partial charge on any atom is 0.414 e. The maximum atomic E-state index is 9.10. The summed E-state index contributed by atoms with van der Waals surface area (Å²) in [5, 5.41) is 18.9. The van der Waals surface area contributed by atoms with Gasteiger partial charge in [-0.3, -0.25) is 0 Å². The Hall–Kier alpha value is -2.97. The molecule has 0 saturated heterocycles. The predicted octanol–water partition coefficient (Wildman–Crippen LogP) is 4.23. The van der Waals surface area contributed by atoms with Crippen molar-refractivity contribution in [3.8, 4) is 11.3 Å². The molecule has 0 spiro atoms. The minimum Gasteiger partial charge on any atom is -0.473 e. The number of rotatable bonds is 5. The molecule has 0 bridgehead atoms. The zero-order valence-corrected chi connectivity index (χ0v) is 17.4. The number of nitrogens with one attached hydrogen (secondary N) is 1. The Morgan fingerprint density at radius 2 is 1.66 bits per heavy atom.